The molecule has 3 aromatic rings. The van der Waals surface area contributed by atoms with E-state index in [2.05, 4.69) is 5.16 Å². The molecule has 6 heteroatoms. The number of carbonyl (C=O) groups is 1. The van der Waals surface area contributed by atoms with Crippen LogP contribution in [0.25, 0.3) is 11.3 Å². The van der Waals surface area contributed by atoms with E-state index in [-0.39, 0.29) is 23.5 Å². The monoisotopic (exact) mass is 366 g/mol. The van der Waals surface area contributed by atoms with Gasteiger partial charge in [-0.1, -0.05) is 29.4 Å². The molecule has 0 unspecified atom stereocenters. The average Bonchev–Trinajstić information content (AvgIpc) is 3.38. The molecule has 1 aromatic heterocycles. The first-order valence-corrected chi connectivity index (χ1v) is 8.83. The normalized spacial score (nSPS) is 16.5. The second-order valence-corrected chi connectivity index (χ2v) is 6.52. The van der Waals surface area contributed by atoms with E-state index in [0.29, 0.717) is 18.0 Å². The van der Waals surface area contributed by atoms with Crippen molar-refractivity contribution >= 4 is 5.91 Å². The Morgan fingerprint density at radius 1 is 1.22 bits per heavy atom. The van der Waals surface area contributed by atoms with Crippen LogP contribution in [-0.2, 0) is 0 Å². The maximum Gasteiger partial charge on any atom is 0.292 e. The Morgan fingerprint density at radius 3 is 2.81 bits per heavy atom. The van der Waals surface area contributed by atoms with Crippen LogP contribution in [0, 0.1) is 5.82 Å². The Balaban J connectivity index is 1.57. The van der Waals surface area contributed by atoms with Crippen LogP contribution in [0.5, 0.6) is 5.75 Å². The molecule has 1 aliphatic heterocycles. The van der Waals surface area contributed by atoms with Crippen molar-refractivity contribution in [3.63, 3.8) is 0 Å². The van der Waals surface area contributed by atoms with Crippen LogP contribution in [0.4, 0.5) is 4.39 Å². The highest BCUT2D eigenvalue weighted by Gasteiger charge is 2.32. The average molecular weight is 366 g/mol. The number of amides is 1. The molecule has 27 heavy (non-hydrogen) atoms. The topological polar surface area (TPSA) is 55.6 Å². The van der Waals surface area contributed by atoms with Gasteiger partial charge in [0, 0.05) is 18.2 Å². The van der Waals surface area contributed by atoms with Crippen LogP contribution in [0.3, 0.4) is 0 Å². The molecule has 1 saturated heterocycles. The van der Waals surface area contributed by atoms with Gasteiger partial charge in [-0.3, -0.25) is 4.79 Å². The van der Waals surface area contributed by atoms with Crippen LogP contribution in [0.1, 0.15) is 35.0 Å². The van der Waals surface area contributed by atoms with Gasteiger partial charge in [0.05, 0.1) is 13.2 Å². The van der Waals surface area contributed by atoms with E-state index in [9.17, 15) is 9.18 Å². The van der Waals surface area contributed by atoms with Gasteiger partial charge in [-0.05, 0) is 42.7 Å². The fourth-order valence-corrected chi connectivity index (χ4v) is 3.48. The molecule has 5 nitrogen and oxygen atoms in total. The van der Waals surface area contributed by atoms with Crippen molar-refractivity contribution in [1.82, 2.24) is 10.1 Å². The number of aromatic nitrogens is 1. The van der Waals surface area contributed by atoms with Crippen molar-refractivity contribution in [2.45, 2.75) is 18.9 Å². The van der Waals surface area contributed by atoms with Crippen molar-refractivity contribution in [2.24, 2.45) is 0 Å². The van der Waals surface area contributed by atoms with Crippen molar-refractivity contribution in [3.8, 4) is 17.0 Å². The number of hydrogen-bond donors (Lipinski definition) is 0. The minimum atomic E-state index is -0.284. The summed E-state index contributed by atoms with van der Waals surface area (Å²) < 4.78 is 23.8. The van der Waals surface area contributed by atoms with Gasteiger partial charge in [-0.25, -0.2) is 4.39 Å². The minimum absolute atomic E-state index is 0.0801. The molecule has 0 aliphatic carbocycles. The quantitative estimate of drug-likeness (QED) is 0.684. The summed E-state index contributed by atoms with van der Waals surface area (Å²) in [6, 6.07) is 15.3. The highest BCUT2D eigenvalue weighted by Crippen LogP contribution is 2.34. The number of ether oxygens (including phenoxy) is 1. The predicted octanol–water partition coefficient (Wildman–Crippen LogP) is 4.47. The first kappa shape index (κ1) is 17.3. The fraction of sp³-hybridized carbons (Fsp3) is 0.238. The van der Waals surface area contributed by atoms with Crippen LogP contribution in [-0.4, -0.2) is 29.6 Å². The molecule has 1 fully saturated rings. The molecule has 1 atom stereocenters. The zero-order valence-electron chi connectivity index (χ0n) is 14.9. The molecular weight excluding hydrogens is 347 g/mol. The molecule has 138 valence electrons. The van der Waals surface area contributed by atoms with Crippen LogP contribution < -0.4 is 4.74 Å². The van der Waals surface area contributed by atoms with E-state index in [1.807, 2.05) is 24.3 Å². The van der Waals surface area contributed by atoms with Crippen molar-refractivity contribution in [1.29, 1.82) is 0 Å². The molecule has 1 aliphatic rings. The van der Waals surface area contributed by atoms with E-state index < -0.39 is 0 Å². The third kappa shape index (κ3) is 3.43. The molecule has 1 amide bonds. The Hall–Kier alpha value is -3.15. The minimum Gasteiger partial charge on any atom is -0.497 e. The molecular formula is C21H19FN2O3. The van der Waals surface area contributed by atoms with Gasteiger partial charge in [0.1, 0.15) is 17.3 Å². The largest absolute Gasteiger partial charge is 0.497 e. The summed E-state index contributed by atoms with van der Waals surface area (Å²) in [4.78, 5) is 14.7. The molecule has 0 spiro atoms. The molecule has 0 bridgehead atoms. The Kier molecular flexibility index (Phi) is 4.62. The van der Waals surface area contributed by atoms with Gasteiger partial charge in [0.2, 0.25) is 5.76 Å². The number of nitrogens with zero attached hydrogens (tertiary/aromatic N) is 2. The predicted molar refractivity (Wildman–Crippen MR) is 97.9 cm³/mol. The summed E-state index contributed by atoms with van der Waals surface area (Å²) in [6.07, 6.45) is 1.74. The lowest BCUT2D eigenvalue weighted by Crippen LogP contribution is -2.30. The molecule has 0 saturated carbocycles. The maximum atomic E-state index is 13.2. The molecule has 0 N–H and O–H groups in total. The number of hydrogen-bond acceptors (Lipinski definition) is 4. The highest BCUT2D eigenvalue weighted by molar-refractivity contribution is 5.93. The number of rotatable bonds is 4. The van der Waals surface area contributed by atoms with Gasteiger partial charge >= 0.3 is 0 Å². The zero-order valence-corrected chi connectivity index (χ0v) is 14.9. The van der Waals surface area contributed by atoms with Gasteiger partial charge in [0.15, 0.2) is 0 Å². The summed E-state index contributed by atoms with van der Waals surface area (Å²) in [7, 11) is 1.60. The highest BCUT2D eigenvalue weighted by atomic mass is 19.1. The van der Waals surface area contributed by atoms with E-state index in [1.54, 1.807) is 30.2 Å². The third-order valence-corrected chi connectivity index (χ3v) is 4.85. The first-order chi connectivity index (χ1) is 13.2. The molecule has 4 rings (SSSR count). The SMILES string of the molecule is COc1cccc(-c2cc(C(=O)N3CCC[C@H]3c3ccc(F)cc3)on2)c1. The number of carbonyl (C=O) groups excluding carboxylic acids is 1. The van der Waals surface area contributed by atoms with Crippen LogP contribution in [0.2, 0.25) is 0 Å². The summed E-state index contributed by atoms with van der Waals surface area (Å²) >= 11 is 0. The Labute approximate surface area is 156 Å². The first-order valence-electron chi connectivity index (χ1n) is 8.83. The van der Waals surface area contributed by atoms with E-state index in [1.165, 1.54) is 12.1 Å². The Morgan fingerprint density at radius 2 is 2.04 bits per heavy atom. The van der Waals surface area contributed by atoms with Crippen molar-refractivity contribution in [2.75, 3.05) is 13.7 Å². The Bertz CT molecular complexity index is 952. The lowest BCUT2D eigenvalue weighted by atomic mass is 10.0. The lowest BCUT2D eigenvalue weighted by molar-refractivity contribution is 0.0693. The second-order valence-electron chi connectivity index (χ2n) is 6.52. The summed E-state index contributed by atoms with van der Waals surface area (Å²) in [5, 5.41) is 4.04. The molecule has 0 radical (unpaired) electrons. The lowest BCUT2D eigenvalue weighted by Gasteiger charge is -2.23. The summed E-state index contributed by atoms with van der Waals surface area (Å²) in [6.45, 7) is 0.635. The van der Waals surface area contributed by atoms with Crippen LogP contribution >= 0.6 is 0 Å². The number of halogens is 1. The van der Waals surface area contributed by atoms with Gasteiger partial charge in [-0.2, -0.15) is 0 Å². The standard InChI is InChI=1S/C21H19FN2O3/c1-26-17-5-2-4-15(12-17)18-13-20(27-23-18)21(25)24-11-3-6-19(24)14-7-9-16(22)10-8-14/h2,4-5,7-10,12-13,19H,3,6,11H2,1H3/t19-/m0/s1. The van der Waals surface area contributed by atoms with E-state index in [4.69, 9.17) is 9.26 Å². The smallest absolute Gasteiger partial charge is 0.292 e. The molecule has 2 heterocycles. The van der Waals surface area contributed by atoms with E-state index >= 15 is 0 Å². The van der Waals surface area contributed by atoms with E-state index in [0.717, 1.165) is 24.0 Å². The van der Waals surface area contributed by atoms with Gasteiger partial charge < -0.3 is 14.2 Å². The van der Waals surface area contributed by atoms with Gasteiger partial charge in [-0.15, -0.1) is 0 Å². The summed E-state index contributed by atoms with van der Waals surface area (Å²) in [5.74, 6) is 0.414. The molecule has 2 aromatic carbocycles. The zero-order chi connectivity index (χ0) is 18.8. The van der Waals surface area contributed by atoms with Crippen molar-refractivity contribution in [3.05, 3.63) is 71.7 Å². The number of likely N-dealkylation sites (tertiary alicyclic amines) is 1. The number of methoxy groups -OCH3 is 1. The number of benzene rings is 2. The fourth-order valence-electron chi connectivity index (χ4n) is 3.48. The maximum absolute atomic E-state index is 13.2. The van der Waals surface area contributed by atoms with Gasteiger partial charge in [0.25, 0.3) is 5.91 Å². The summed E-state index contributed by atoms with van der Waals surface area (Å²) in [5.41, 5.74) is 2.32. The third-order valence-electron chi connectivity index (χ3n) is 4.85. The second kappa shape index (κ2) is 7.23. The van der Waals surface area contributed by atoms with Crippen LogP contribution in [0.15, 0.2) is 59.1 Å². The van der Waals surface area contributed by atoms with Crippen molar-refractivity contribution < 1.29 is 18.4 Å².